The minimum Gasteiger partial charge on any atom is -0.310 e. The van der Waals surface area contributed by atoms with Crippen molar-refractivity contribution in [2.24, 2.45) is 0 Å². The highest BCUT2D eigenvalue weighted by molar-refractivity contribution is 6.08. The van der Waals surface area contributed by atoms with Crippen molar-refractivity contribution < 1.29 is 0 Å². The molecule has 0 atom stereocenters. The Bertz CT molecular complexity index is 3520. The van der Waals surface area contributed by atoms with E-state index in [1.807, 2.05) is 0 Å². The number of hydrogen-bond acceptors (Lipinski definition) is 1. The van der Waals surface area contributed by atoms with Gasteiger partial charge in [-0.15, -0.1) is 0 Å². The zero-order chi connectivity index (χ0) is 44.4. The van der Waals surface area contributed by atoms with Gasteiger partial charge in [0.05, 0.1) is 10.8 Å². The maximum atomic E-state index is 2.50. The van der Waals surface area contributed by atoms with E-state index in [2.05, 4.69) is 278 Å². The Hall–Kier alpha value is -8.52. The van der Waals surface area contributed by atoms with Crippen molar-refractivity contribution >= 4 is 27.8 Å². The van der Waals surface area contributed by atoms with Gasteiger partial charge in [-0.3, -0.25) is 0 Å². The van der Waals surface area contributed by atoms with Crippen LogP contribution in [0.1, 0.15) is 44.5 Å². The normalized spacial score (nSPS) is 13.6. The summed E-state index contributed by atoms with van der Waals surface area (Å²) < 4.78 is 0. The minimum absolute atomic E-state index is 0.528. The van der Waals surface area contributed by atoms with Crippen LogP contribution in [0, 0.1) is 0 Å². The van der Waals surface area contributed by atoms with Crippen molar-refractivity contribution in [2.45, 2.75) is 10.8 Å². The Kier molecular flexibility index (Phi) is 9.05. The first-order valence-corrected chi connectivity index (χ1v) is 23.3. The van der Waals surface area contributed by atoms with Crippen LogP contribution in [0.15, 0.2) is 273 Å². The average molecular weight is 852 g/mol. The number of rotatable bonds is 8. The molecule has 0 N–H and O–H groups in total. The fourth-order valence-corrected chi connectivity index (χ4v) is 11.9. The number of hydrogen-bond donors (Lipinski definition) is 0. The van der Waals surface area contributed by atoms with E-state index in [1.54, 1.807) is 0 Å². The zero-order valence-electron chi connectivity index (χ0n) is 36.9. The van der Waals surface area contributed by atoms with Gasteiger partial charge < -0.3 is 4.90 Å². The van der Waals surface area contributed by atoms with Crippen LogP contribution in [0.25, 0.3) is 44.2 Å². The summed E-state index contributed by atoms with van der Waals surface area (Å²) in [5.74, 6) is 0. The summed E-state index contributed by atoms with van der Waals surface area (Å²) in [6, 6.07) is 101. The SMILES string of the molecule is c1ccc(-c2cc3c(c4ccccc24)C(c2ccccc2)(c2ccccc2)c2cc(N(c4ccccc4)c4ccc5c(c4)C(c4ccccc4)(c4ccccc4)c4ccccc4-5)ccc2-3)cc1. The van der Waals surface area contributed by atoms with Crippen LogP contribution < -0.4 is 4.90 Å². The molecule has 67 heavy (non-hydrogen) atoms. The maximum Gasteiger partial charge on any atom is 0.0720 e. The molecule has 1 nitrogen and oxygen atoms in total. The Morgan fingerprint density at radius 2 is 0.642 bits per heavy atom. The van der Waals surface area contributed by atoms with Gasteiger partial charge >= 0.3 is 0 Å². The lowest BCUT2D eigenvalue weighted by atomic mass is 9.66. The van der Waals surface area contributed by atoms with Crippen molar-refractivity contribution in [1.29, 1.82) is 0 Å². The van der Waals surface area contributed by atoms with Gasteiger partial charge in [0.2, 0.25) is 0 Å². The predicted molar refractivity (Wildman–Crippen MR) is 279 cm³/mol. The number of anilines is 3. The van der Waals surface area contributed by atoms with Gasteiger partial charge in [-0.2, -0.15) is 0 Å². The van der Waals surface area contributed by atoms with Crippen LogP contribution in [0.3, 0.4) is 0 Å². The maximum absolute atomic E-state index is 2.50. The third-order valence-corrected chi connectivity index (χ3v) is 14.6. The van der Waals surface area contributed by atoms with Gasteiger partial charge in [0.15, 0.2) is 0 Å². The molecule has 0 saturated heterocycles. The summed E-state index contributed by atoms with van der Waals surface area (Å²) in [4.78, 5) is 2.47. The molecule has 0 radical (unpaired) electrons. The van der Waals surface area contributed by atoms with Gasteiger partial charge in [-0.1, -0.05) is 231 Å². The van der Waals surface area contributed by atoms with Crippen LogP contribution >= 0.6 is 0 Å². The number of para-hydroxylation sites is 1. The largest absolute Gasteiger partial charge is 0.310 e. The molecule has 11 aromatic rings. The molecule has 11 aromatic carbocycles. The van der Waals surface area contributed by atoms with E-state index in [-0.39, 0.29) is 0 Å². The lowest BCUT2D eigenvalue weighted by Gasteiger charge is -2.36. The second kappa shape index (κ2) is 15.6. The molecule has 13 rings (SSSR count). The molecule has 0 aromatic heterocycles. The first-order chi connectivity index (χ1) is 33.3. The molecule has 314 valence electrons. The fourth-order valence-electron chi connectivity index (χ4n) is 11.9. The molecule has 0 fully saturated rings. The fraction of sp³-hybridized carbons (Fsp3) is 0.0303. The Morgan fingerprint density at radius 3 is 1.19 bits per heavy atom. The standard InChI is InChI=1S/C66H45N/c1-7-23-46(24-8-1)59-45-60-57-42-40-53(44-63(57)66(49-29-13-4-14-30-49,50-31-15-5-16-32-50)64(60)58-37-20-19-35-54(58)59)67(51-33-17-6-18-34-51)52-39-41-56-55-36-21-22-38-61(55)65(62(56)43-52,47-25-9-2-10-26-47)48-27-11-3-12-28-48/h1-45H. The summed E-state index contributed by atoms with van der Waals surface area (Å²) in [6.07, 6.45) is 0. The Balaban J connectivity index is 1.10. The third-order valence-electron chi connectivity index (χ3n) is 14.6. The number of benzene rings is 11. The first kappa shape index (κ1) is 38.9. The lowest BCUT2D eigenvalue weighted by Crippen LogP contribution is -2.29. The van der Waals surface area contributed by atoms with Crippen LogP contribution in [0.5, 0.6) is 0 Å². The van der Waals surface area contributed by atoms with E-state index >= 15 is 0 Å². The monoisotopic (exact) mass is 851 g/mol. The molecule has 0 aliphatic heterocycles. The van der Waals surface area contributed by atoms with E-state index < -0.39 is 10.8 Å². The molecular weight excluding hydrogens is 807 g/mol. The smallest absolute Gasteiger partial charge is 0.0720 e. The molecule has 2 aliphatic carbocycles. The second-order valence-corrected chi connectivity index (χ2v) is 17.9. The quantitative estimate of drug-likeness (QED) is 0.147. The van der Waals surface area contributed by atoms with Crippen molar-refractivity contribution in [2.75, 3.05) is 4.90 Å². The van der Waals surface area contributed by atoms with Crippen molar-refractivity contribution in [1.82, 2.24) is 0 Å². The topological polar surface area (TPSA) is 3.24 Å². The first-order valence-electron chi connectivity index (χ1n) is 23.3. The van der Waals surface area contributed by atoms with Crippen LogP contribution in [0.4, 0.5) is 17.1 Å². The second-order valence-electron chi connectivity index (χ2n) is 17.9. The molecule has 0 amide bonds. The highest BCUT2D eigenvalue weighted by atomic mass is 15.1. The van der Waals surface area contributed by atoms with Gasteiger partial charge in [-0.25, -0.2) is 0 Å². The van der Waals surface area contributed by atoms with Crippen LogP contribution in [-0.2, 0) is 10.8 Å². The van der Waals surface area contributed by atoms with E-state index in [1.165, 1.54) is 88.7 Å². The molecule has 0 saturated carbocycles. The summed E-state index contributed by atoms with van der Waals surface area (Å²) in [5.41, 5.74) is 19.8. The van der Waals surface area contributed by atoms with Crippen molar-refractivity contribution in [3.63, 3.8) is 0 Å². The van der Waals surface area contributed by atoms with Crippen LogP contribution in [0.2, 0.25) is 0 Å². The number of fused-ring (bicyclic) bond motifs is 8. The molecule has 0 unspecified atom stereocenters. The zero-order valence-corrected chi connectivity index (χ0v) is 36.9. The number of nitrogens with zero attached hydrogens (tertiary/aromatic N) is 1. The molecule has 1 heteroatoms. The highest BCUT2D eigenvalue weighted by Crippen LogP contribution is 2.61. The Morgan fingerprint density at radius 1 is 0.239 bits per heavy atom. The highest BCUT2D eigenvalue weighted by Gasteiger charge is 2.49. The Labute approximate surface area is 392 Å². The molecule has 0 spiro atoms. The van der Waals surface area contributed by atoms with E-state index in [9.17, 15) is 0 Å². The minimum atomic E-state index is -0.629. The third kappa shape index (κ3) is 5.75. The average Bonchev–Trinajstić information content (AvgIpc) is 3.88. The van der Waals surface area contributed by atoms with Gasteiger partial charge in [0.25, 0.3) is 0 Å². The molecule has 0 bridgehead atoms. The van der Waals surface area contributed by atoms with Crippen molar-refractivity contribution in [3.8, 4) is 33.4 Å². The van der Waals surface area contributed by atoms with E-state index in [0.29, 0.717) is 0 Å². The van der Waals surface area contributed by atoms with Crippen LogP contribution in [-0.4, -0.2) is 0 Å². The molecular formula is C66H45N. The van der Waals surface area contributed by atoms with E-state index in [4.69, 9.17) is 0 Å². The van der Waals surface area contributed by atoms with Gasteiger partial charge in [0.1, 0.15) is 0 Å². The van der Waals surface area contributed by atoms with Gasteiger partial charge in [0, 0.05) is 17.1 Å². The van der Waals surface area contributed by atoms with Crippen molar-refractivity contribution in [3.05, 3.63) is 317 Å². The molecule has 0 heterocycles. The van der Waals surface area contributed by atoms with Gasteiger partial charge in [-0.05, 0) is 131 Å². The molecule has 2 aliphatic rings. The summed E-state index contributed by atoms with van der Waals surface area (Å²) in [5, 5.41) is 2.52. The lowest BCUT2D eigenvalue weighted by molar-refractivity contribution is 0.768. The van der Waals surface area contributed by atoms with E-state index in [0.717, 1.165) is 17.1 Å². The predicted octanol–water partition coefficient (Wildman–Crippen LogP) is 16.7. The summed E-state index contributed by atoms with van der Waals surface area (Å²) in [6.45, 7) is 0. The summed E-state index contributed by atoms with van der Waals surface area (Å²) in [7, 11) is 0. The summed E-state index contributed by atoms with van der Waals surface area (Å²) >= 11 is 0.